The number of carbonyl (C=O) groups excluding carboxylic acids is 3. The van der Waals surface area contributed by atoms with Crippen molar-refractivity contribution >= 4 is 17.9 Å². The lowest BCUT2D eigenvalue weighted by atomic mass is 9.98. The molecule has 0 saturated heterocycles. The first-order valence-electron chi connectivity index (χ1n) is 11.3. The lowest BCUT2D eigenvalue weighted by Crippen LogP contribution is -2.56. The normalized spacial score (nSPS) is 13.2. The van der Waals surface area contributed by atoms with Gasteiger partial charge in [0.25, 0.3) is 0 Å². The molecule has 9 nitrogen and oxygen atoms in total. The number of phenols is 1. The van der Waals surface area contributed by atoms with Crippen LogP contribution in [0.25, 0.3) is 0 Å². The van der Waals surface area contributed by atoms with Crippen LogP contribution in [0.5, 0.6) is 5.75 Å². The minimum atomic E-state index is -1.33. The second-order valence-corrected chi connectivity index (χ2v) is 9.28. The van der Waals surface area contributed by atoms with E-state index < -0.39 is 48.2 Å². The summed E-state index contributed by atoms with van der Waals surface area (Å²) >= 11 is 0. The number of unbranched alkanes of at least 4 members (excludes halogenated alkanes) is 1. The number of hydrogen-bond donors (Lipinski definition) is 4. The van der Waals surface area contributed by atoms with Crippen molar-refractivity contribution in [3.05, 3.63) is 29.3 Å². The Balaban J connectivity index is 3.39. The van der Waals surface area contributed by atoms with E-state index in [1.807, 2.05) is 6.92 Å². The van der Waals surface area contributed by atoms with E-state index in [1.54, 1.807) is 59.7 Å². The molecule has 0 aliphatic carbocycles. The number of aliphatic hydroxyl groups excluding tert-OH is 1. The molecule has 2 unspecified atom stereocenters. The van der Waals surface area contributed by atoms with Gasteiger partial charge < -0.3 is 30.5 Å². The summed E-state index contributed by atoms with van der Waals surface area (Å²) in [4.78, 5) is 40.3. The van der Waals surface area contributed by atoms with Crippen molar-refractivity contribution in [3.63, 3.8) is 0 Å². The summed E-state index contributed by atoms with van der Waals surface area (Å²) in [6.07, 6.45) is 0.772. The number of nitrogens with zero attached hydrogens (tertiary/aromatic N) is 1. The van der Waals surface area contributed by atoms with E-state index >= 15 is 0 Å². The number of amides is 3. The Morgan fingerprint density at radius 1 is 1.18 bits per heavy atom. The number of aliphatic hydroxyl groups is 1. The SMILES string of the molecule is CCCCNC(=O)C(c1cccc(C)c1O)N(C(=O)C(CO)NC(=O)OC(C)(C)C)C(C)C. The Morgan fingerprint density at radius 3 is 2.33 bits per heavy atom. The monoisotopic (exact) mass is 465 g/mol. The predicted octanol–water partition coefficient (Wildman–Crippen LogP) is 2.78. The number of hydrogen-bond acceptors (Lipinski definition) is 6. The average molecular weight is 466 g/mol. The molecule has 4 N–H and O–H groups in total. The molecule has 0 aliphatic rings. The van der Waals surface area contributed by atoms with Crippen molar-refractivity contribution in [2.45, 2.75) is 85.0 Å². The van der Waals surface area contributed by atoms with E-state index in [9.17, 15) is 24.6 Å². The van der Waals surface area contributed by atoms with Gasteiger partial charge in [-0.3, -0.25) is 9.59 Å². The van der Waals surface area contributed by atoms with Gasteiger partial charge in [-0.2, -0.15) is 0 Å². The van der Waals surface area contributed by atoms with E-state index in [-0.39, 0.29) is 11.3 Å². The average Bonchev–Trinajstić information content (AvgIpc) is 2.70. The highest BCUT2D eigenvalue weighted by Gasteiger charge is 2.38. The molecule has 33 heavy (non-hydrogen) atoms. The molecule has 0 bridgehead atoms. The van der Waals surface area contributed by atoms with Crippen LogP contribution in [0.1, 0.15) is 71.6 Å². The number of benzene rings is 1. The summed E-state index contributed by atoms with van der Waals surface area (Å²) in [5.41, 5.74) is 0.0283. The maximum absolute atomic E-state index is 13.5. The molecule has 2 atom stereocenters. The van der Waals surface area contributed by atoms with E-state index in [0.29, 0.717) is 12.1 Å². The maximum Gasteiger partial charge on any atom is 0.408 e. The number of aryl methyl sites for hydroxylation is 1. The van der Waals surface area contributed by atoms with Gasteiger partial charge in [0.05, 0.1) is 6.61 Å². The van der Waals surface area contributed by atoms with Gasteiger partial charge in [0.2, 0.25) is 11.8 Å². The van der Waals surface area contributed by atoms with Crippen LogP contribution in [0, 0.1) is 6.92 Å². The summed E-state index contributed by atoms with van der Waals surface area (Å²) in [6.45, 7) is 11.9. The first-order valence-corrected chi connectivity index (χ1v) is 11.3. The van der Waals surface area contributed by atoms with Crippen LogP contribution < -0.4 is 10.6 Å². The Bertz CT molecular complexity index is 819. The molecular formula is C24H39N3O6. The van der Waals surface area contributed by atoms with Crippen LogP contribution in [0.2, 0.25) is 0 Å². The second-order valence-electron chi connectivity index (χ2n) is 9.28. The van der Waals surface area contributed by atoms with Crippen LogP contribution in [0.15, 0.2) is 18.2 Å². The molecule has 0 heterocycles. The minimum absolute atomic E-state index is 0.0905. The minimum Gasteiger partial charge on any atom is -0.507 e. The molecule has 0 spiro atoms. The number of aromatic hydroxyl groups is 1. The fourth-order valence-corrected chi connectivity index (χ4v) is 3.30. The number of para-hydroxylation sites is 1. The highest BCUT2D eigenvalue weighted by atomic mass is 16.6. The first-order chi connectivity index (χ1) is 15.3. The third kappa shape index (κ3) is 8.24. The second kappa shape index (κ2) is 12.4. The molecule has 0 radical (unpaired) electrons. The number of phenolic OH excluding ortho intramolecular Hbond substituents is 1. The van der Waals surface area contributed by atoms with Gasteiger partial charge in [-0.15, -0.1) is 0 Å². The van der Waals surface area contributed by atoms with Gasteiger partial charge in [0.15, 0.2) is 0 Å². The molecule has 1 rings (SSSR count). The summed E-state index contributed by atoms with van der Waals surface area (Å²) < 4.78 is 5.20. The van der Waals surface area contributed by atoms with Crippen LogP contribution in [-0.2, 0) is 14.3 Å². The van der Waals surface area contributed by atoms with Crippen molar-refractivity contribution in [1.82, 2.24) is 15.5 Å². The lowest BCUT2D eigenvalue weighted by Gasteiger charge is -2.37. The highest BCUT2D eigenvalue weighted by molar-refractivity contribution is 5.92. The molecule has 9 heteroatoms. The van der Waals surface area contributed by atoms with Crippen LogP contribution >= 0.6 is 0 Å². The topological polar surface area (TPSA) is 128 Å². The van der Waals surface area contributed by atoms with E-state index in [1.165, 1.54) is 4.90 Å². The van der Waals surface area contributed by atoms with Crippen LogP contribution in [-0.4, -0.2) is 63.9 Å². The first kappa shape index (κ1) is 28.2. The summed E-state index contributed by atoms with van der Waals surface area (Å²) in [6, 6.07) is 2.00. The third-order valence-corrected chi connectivity index (χ3v) is 4.90. The fraction of sp³-hybridized carbons (Fsp3) is 0.625. The number of rotatable bonds is 10. The molecule has 3 amide bonds. The van der Waals surface area contributed by atoms with Crippen LogP contribution in [0.3, 0.4) is 0 Å². The molecule has 1 aromatic rings. The molecule has 1 aromatic carbocycles. The Kier molecular flexibility index (Phi) is 10.6. The van der Waals surface area contributed by atoms with Crippen molar-refractivity contribution in [3.8, 4) is 5.75 Å². The molecule has 0 aliphatic heterocycles. The quantitative estimate of drug-likeness (QED) is 0.394. The largest absolute Gasteiger partial charge is 0.507 e. The summed E-state index contributed by atoms with van der Waals surface area (Å²) in [7, 11) is 0. The number of carbonyl (C=O) groups is 3. The van der Waals surface area contributed by atoms with Crippen molar-refractivity contribution in [2.75, 3.05) is 13.2 Å². The zero-order valence-corrected chi connectivity index (χ0v) is 20.8. The standard InChI is InChI=1S/C24H39N3O6/c1-8-9-13-25-21(30)19(17-12-10-11-16(4)20(17)29)27(15(2)3)22(31)18(14-28)26-23(32)33-24(5,6)7/h10-12,15,18-19,28-29H,8-9,13-14H2,1-7H3,(H,25,30)(H,26,32). The van der Waals surface area contributed by atoms with Gasteiger partial charge in [-0.25, -0.2) is 4.79 Å². The fourth-order valence-electron chi connectivity index (χ4n) is 3.30. The molecule has 0 saturated carbocycles. The Morgan fingerprint density at radius 2 is 1.82 bits per heavy atom. The summed E-state index contributed by atoms with van der Waals surface area (Å²) in [5, 5.41) is 25.8. The van der Waals surface area contributed by atoms with E-state index in [2.05, 4.69) is 10.6 Å². The van der Waals surface area contributed by atoms with Crippen molar-refractivity contribution in [1.29, 1.82) is 0 Å². The van der Waals surface area contributed by atoms with Gasteiger partial charge >= 0.3 is 6.09 Å². The molecule has 186 valence electrons. The highest BCUT2D eigenvalue weighted by Crippen LogP contribution is 2.33. The van der Waals surface area contributed by atoms with Crippen molar-refractivity contribution < 1.29 is 29.3 Å². The lowest BCUT2D eigenvalue weighted by molar-refractivity contribution is -0.145. The van der Waals surface area contributed by atoms with Crippen LogP contribution in [0.4, 0.5) is 4.79 Å². The number of nitrogens with one attached hydrogen (secondary N) is 2. The number of alkyl carbamates (subject to hydrolysis) is 1. The molecular weight excluding hydrogens is 426 g/mol. The summed E-state index contributed by atoms with van der Waals surface area (Å²) in [5.74, 6) is -1.22. The maximum atomic E-state index is 13.5. The Labute approximate surface area is 196 Å². The van der Waals surface area contributed by atoms with Crippen molar-refractivity contribution in [2.24, 2.45) is 0 Å². The zero-order chi connectivity index (χ0) is 25.3. The van der Waals surface area contributed by atoms with Gasteiger partial charge in [-0.05, 0) is 53.5 Å². The number of ether oxygens (including phenoxy) is 1. The van der Waals surface area contributed by atoms with E-state index in [0.717, 1.165) is 12.8 Å². The third-order valence-electron chi connectivity index (χ3n) is 4.90. The van der Waals surface area contributed by atoms with E-state index in [4.69, 9.17) is 4.74 Å². The Hall–Kier alpha value is -2.81. The van der Waals surface area contributed by atoms with Gasteiger partial charge in [0, 0.05) is 18.2 Å². The molecule has 0 aromatic heterocycles. The van der Waals surface area contributed by atoms with Gasteiger partial charge in [-0.1, -0.05) is 31.5 Å². The van der Waals surface area contributed by atoms with Gasteiger partial charge in [0.1, 0.15) is 23.4 Å². The smallest absolute Gasteiger partial charge is 0.408 e. The zero-order valence-electron chi connectivity index (χ0n) is 20.8. The predicted molar refractivity (Wildman–Crippen MR) is 126 cm³/mol. The molecule has 0 fully saturated rings.